The van der Waals surface area contributed by atoms with Gasteiger partial charge in [-0.05, 0) is 43.0 Å². The van der Waals surface area contributed by atoms with E-state index < -0.39 is 0 Å². The van der Waals surface area contributed by atoms with Gasteiger partial charge in [-0.15, -0.1) is 0 Å². The predicted molar refractivity (Wildman–Crippen MR) is 115 cm³/mol. The zero-order valence-corrected chi connectivity index (χ0v) is 17.1. The van der Waals surface area contributed by atoms with Gasteiger partial charge in [-0.25, -0.2) is 14.4 Å². The van der Waals surface area contributed by atoms with Crippen LogP contribution in [0, 0.1) is 5.82 Å². The number of carbonyl (C=O) groups excluding carboxylic acids is 1. The number of aromatic nitrogens is 5. The Balaban J connectivity index is 1.42. The van der Waals surface area contributed by atoms with Crippen molar-refractivity contribution in [2.75, 3.05) is 18.5 Å². The highest BCUT2D eigenvalue weighted by Gasteiger charge is 2.23. The number of hydrogen-bond donors (Lipinski definition) is 1. The van der Waals surface area contributed by atoms with Gasteiger partial charge < -0.3 is 4.90 Å². The van der Waals surface area contributed by atoms with Crippen molar-refractivity contribution in [3.05, 3.63) is 65.4 Å². The molecule has 31 heavy (non-hydrogen) atoms. The van der Waals surface area contributed by atoms with Gasteiger partial charge in [0.25, 0.3) is 0 Å². The van der Waals surface area contributed by atoms with Crippen LogP contribution in [0.15, 0.2) is 42.7 Å². The minimum absolute atomic E-state index is 0.0407. The minimum atomic E-state index is -0.306. The van der Waals surface area contributed by atoms with Crippen LogP contribution in [0.5, 0.6) is 0 Å². The van der Waals surface area contributed by atoms with Crippen LogP contribution in [0.4, 0.5) is 10.2 Å². The molecule has 1 aliphatic rings. The summed E-state index contributed by atoms with van der Waals surface area (Å²) in [6, 6.07) is 7.95. The zero-order valence-electron chi connectivity index (χ0n) is 17.1. The Morgan fingerprint density at radius 3 is 2.84 bits per heavy atom. The van der Waals surface area contributed by atoms with Crippen molar-refractivity contribution in [2.24, 2.45) is 0 Å². The molecule has 5 rings (SSSR count). The van der Waals surface area contributed by atoms with E-state index in [2.05, 4.69) is 15.2 Å². The molecule has 0 spiro atoms. The third-order valence-corrected chi connectivity index (χ3v) is 5.55. The molecule has 0 unspecified atom stereocenters. The number of nitrogens with zero attached hydrogens (tertiary/aromatic N) is 5. The number of fused-ring (bicyclic) bond motifs is 2. The number of anilines is 1. The Labute approximate surface area is 178 Å². The molecule has 4 aromatic rings. The highest BCUT2D eigenvalue weighted by Crippen LogP contribution is 2.31. The van der Waals surface area contributed by atoms with Gasteiger partial charge in [-0.1, -0.05) is 12.1 Å². The average molecular weight is 416 g/mol. The number of ketones is 1. The Hall–Kier alpha value is -3.68. The predicted octanol–water partition coefficient (Wildman–Crippen LogP) is 3.29. The summed E-state index contributed by atoms with van der Waals surface area (Å²) in [5.74, 6) is 1.06. The molecule has 3 aromatic heterocycles. The molecular formula is C23H21FN6O. The van der Waals surface area contributed by atoms with Crippen molar-refractivity contribution >= 4 is 22.5 Å². The second-order valence-electron chi connectivity index (χ2n) is 7.87. The number of H-pyrrole nitrogens is 1. The molecule has 1 aromatic carbocycles. The second kappa shape index (κ2) is 7.86. The standard InChI is InChI=1S/C23H21FN6O/c1-30(13-17(31)9-14-5-7-16(24)8-6-14)23-18-3-2-4-19(18)27-22(28-23)20-10-15-11-26-29-21(15)12-25-20/h5-8,10-12H,2-4,9,13H2,1H3,(H,26,29). The highest BCUT2D eigenvalue weighted by molar-refractivity contribution is 5.85. The maximum Gasteiger partial charge on any atom is 0.180 e. The molecule has 0 saturated carbocycles. The molecule has 1 N–H and O–H groups in total. The number of carbonyl (C=O) groups is 1. The molecule has 8 heteroatoms. The summed E-state index contributed by atoms with van der Waals surface area (Å²) >= 11 is 0. The van der Waals surface area contributed by atoms with Crippen LogP contribution in [0.1, 0.15) is 23.2 Å². The maximum atomic E-state index is 13.1. The van der Waals surface area contributed by atoms with Crippen LogP contribution in [0.25, 0.3) is 22.4 Å². The smallest absolute Gasteiger partial charge is 0.180 e. The van der Waals surface area contributed by atoms with Crippen molar-refractivity contribution in [1.82, 2.24) is 25.1 Å². The average Bonchev–Trinajstić information content (AvgIpc) is 3.43. The molecular weight excluding hydrogens is 395 g/mol. The number of halogens is 1. The molecule has 1 aliphatic carbocycles. The number of rotatable bonds is 6. The first-order valence-electron chi connectivity index (χ1n) is 10.2. The molecule has 0 atom stereocenters. The van der Waals surface area contributed by atoms with E-state index in [4.69, 9.17) is 9.97 Å². The lowest BCUT2D eigenvalue weighted by Crippen LogP contribution is -2.28. The van der Waals surface area contributed by atoms with Gasteiger partial charge in [-0.2, -0.15) is 5.10 Å². The first-order chi connectivity index (χ1) is 15.1. The molecule has 7 nitrogen and oxygen atoms in total. The van der Waals surface area contributed by atoms with Crippen LogP contribution in [-0.2, 0) is 24.1 Å². The lowest BCUT2D eigenvalue weighted by Gasteiger charge is -2.21. The number of aromatic amines is 1. The third-order valence-electron chi connectivity index (χ3n) is 5.55. The molecule has 156 valence electrons. The fraction of sp³-hybridized carbons (Fsp3) is 0.261. The fourth-order valence-corrected chi connectivity index (χ4v) is 4.03. The number of Topliss-reactive ketones (excluding diaryl/α,β-unsaturated/α-hetero) is 1. The molecule has 3 heterocycles. The number of pyridine rings is 1. The number of likely N-dealkylation sites (N-methyl/N-ethyl adjacent to an activating group) is 1. The lowest BCUT2D eigenvalue weighted by atomic mass is 10.1. The van der Waals surface area contributed by atoms with Crippen molar-refractivity contribution in [3.63, 3.8) is 0 Å². The zero-order chi connectivity index (χ0) is 21.4. The van der Waals surface area contributed by atoms with E-state index in [1.165, 1.54) is 12.1 Å². The Morgan fingerprint density at radius 1 is 1.16 bits per heavy atom. The van der Waals surface area contributed by atoms with E-state index in [0.29, 0.717) is 11.5 Å². The van der Waals surface area contributed by atoms with Gasteiger partial charge in [0.1, 0.15) is 17.3 Å². The summed E-state index contributed by atoms with van der Waals surface area (Å²) in [6.45, 7) is 0.217. The summed E-state index contributed by atoms with van der Waals surface area (Å²) in [7, 11) is 1.87. The summed E-state index contributed by atoms with van der Waals surface area (Å²) in [6.07, 6.45) is 6.53. The Morgan fingerprint density at radius 2 is 2.00 bits per heavy atom. The maximum absolute atomic E-state index is 13.1. The van der Waals surface area contributed by atoms with E-state index in [1.807, 2.05) is 18.0 Å². The topological polar surface area (TPSA) is 87.7 Å². The van der Waals surface area contributed by atoms with Crippen LogP contribution in [-0.4, -0.2) is 44.5 Å². The third kappa shape index (κ3) is 3.88. The molecule has 0 amide bonds. The Kier molecular flexibility index (Phi) is 4.89. The van der Waals surface area contributed by atoms with E-state index >= 15 is 0 Å². The first kappa shape index (κ1) is 19.3. The van der Waals surface area contributed by atoms with E-state index in [9.17, 15) is 9.18 Å². The summed E-state index contributed by atoms with van der Waals surface area (Å²) < 4.78 is 13.1. The number of hydrogen-bond acceptors (Lipinski definition) is 6. The van der Waals surface area contributed by atoms with Crippen LogP contribution in [0.2, 0.25) is 0 Å². The lowest BCUT2D eigenvalue weighted by molar-refractivity contribution is -0.117. The minimum Gasteiger partial charge on any atom is -0.352 e. The number of benzene rings is 1. The largest absolute Gasteiger partial charge is 0.352 e. The van der Waals surface area contributed by atoms with E-state index in [1.54, 1.807) is 24.5 Å². The Bertz CT molecular complexity index is 1270. The quantitative estimate of drug-likeness (QED) is 0.519. The molecule has 0 fully saturated rings. The normalized spacial score (nSPS) is 12.8. The summed E-state index contributed by atoms with van der Waals surface area (Å²) in [5.41, 5.74) is 4.45. The fourth-order valence-electron chi connectivity index (χ4n) is 4.03. The highest BCUT2D eigenvalue weighted by atomic mass is 19.1. The van der Waals surface area contributed by atoms with E-state index in [0.717, 1.165) is 52.8 Å². The number of aryl methyl sites for hydroxylation is 1. The number of nitrogens with one attached hydrogen (secondary N) is 1. The first-order valence-corrected chi connectivity index (χ1v) is 10.2. The van der Waals surface area contributed by atoms with Crippen molar-refractivity contribution < 1.29 is 9.18 Å². The van der Waals surface area contributed by atoms with Gasteiger partial charge >= 0.3 is 0 Å². The van der Waals surface area contributed by atoms with Gasteiger partial charge in [-0.3, -0.25) is 14.9 Å². The second-order valence-corrected chi connectivity index (χ2v) is 7.87. The van der Waals surface area contributed by atoms with Crippen LogP contribution < -0.4 is 4.90 Å². The van der Waals surface area contributed by atoms with Gasteiger partial charge in [0, 0.05) is 30.1 Å². The SMILES string of the molecule is CN(CC(=O)Cc1ccc(F)cc1)c1nc(-c2cc3cn[nH]c3cn2)nc2c1CCC2. The van der Waals surface area contributed by atoms with Gasteiger partial charge in [0.2, 0.25) is 0 Å². The summed E-state index contributed by atoms with van der Waals surface area (Å²) in [5, 5.41) is 7.88. The van der Waals surface area contributed by atoms with Gasteiger partial charge in [0.05, 0.1) is 24.5 Å². The monoisotopic (exact) mass is 416 g/mol. The molecule has 0 radical (unpaired) electrons. The van der Waals surface area contributed by atoms with Crippen LogP contribution in [0.3, 0.4) is 0 Å². The van der Waals surface area contributed by atoms with Crippen molar-refractivity contribution in [3.8, 4) is 11.5 Å². The van der Waals surface area contributed by atoms with Crippen LogP contribution >= 0.6 is 0 Å². The molecule has 0 aliphatic heterocycles. The van der Waals surface area contributed by atoms with Crippen molar-refractivity contribution in [1.29, 1.82) is 0 Å². The summed E-state index contributed by atoms with van der Waals surface area (Å²) in [4.78, 5) is 28.6. The van der Waals surface area contributed by atoms with E-state index in [-0.39, 0.29) is 24.6 Å². The van der Waals surface area contributed by atoms with Crippen molar-refractivity contribution in [2.45, 2.75) is 25.7 Å². The van der Waals surface area contributed by atoms with Gasteiger partial charge in [0.15, 0.2) is 11.6 Å². The molecule has 0 bridgehead atoms. The molecule has 0 saturated heterocycles.